The van der Waals surface area contributed by atoms with Crippen LogP contribution in [-0.2, 0) is 11.0 Å². The van der Waals surface area contributed by atoms with E-state index >= 15 is 0 Å². The lowest BCUT2D eigenvalue weighted by Gasteiger charge is -2.30. The fourth-order valence-electron chi connectivity index (χ4n) is 5.41. The molecule has 0 spiro atoms. The maximum atomic E-state index is 13.6. The van der Waals surface area contributed by atoms with E-state index in [1.807, 2.05) is 4.90 Å². The summed E-state index contributed by atoms with van der Waals surface area (Å²) in [4.78, 5) is 37.4. The number of rotatable bonds is 6. The van der Waals surface area contributed by atoms with Crippen molar-refractivity contribution in [3.8, 4) is 11.5 Å². The van der Waals surface area contributed by atoms with Gasteiger partial charge in [0.2, 0.25) is 11.7 Å². The van der Waals surface area contributed by atoms with Crippen LogP contribution < -0.4 is 10.2 Å². The molecule has 5 rings (SSSR count). The van der Waals surface area contributed by atoms with Crippen molar-refractivity contribution < 1.29 is 32.3 Å². The Morgan fingerprint density at radius 1 is 0.976 bits per heavy atom. The average molecular weight is 572 g/mol. The maximum Gasteiger partial charge on any atom is 0.437 e. The number of alkyl halides is 3. The number of aliphatic hydroxyl groups excluding tert-OH is 1. The standard InChI is InChI=1S/C29H32F3N5O4/c30-29(31,32)25-24(41-27(35-25)20-10-5-2-6-11-20)26(39)34-21-12-13-22(33-18-21)36-14-7-15-37(17-16-36)28(40)23(38)19-8-3-1-4-9-19/h2,5-6,10-13,18-19,23,38H,1,3-4,7-9,14-17H2,(H,34,39)/t23-/m1/s1. The minimum atomic E-state index is -4.89. The van der Waals surface area contributed by atoms with Gasteiger partial charge in [-0.3, -0.25) is 9.59 Å². The molecule has 41 heavy (non-hydrogen) atoms. The lowest BCUT2D eigenvalue weighted by molar-refractivity contribution is -0.143. The number of aromatic nitrogens is 2. The minimum Gasteiger partial charge on any atom is -0.430 e. The number of hydrogen-bond acceptors (Lipinski definition) is 7. The molecule has 1 aromatic carbocycles. The number of benzene rings is 1. The molecule has 1 saturated heterocycles. The van der Waals surface area contributed by atoms with Crippen molar-refractivity contribution in [2.75, 3.05) is 36.4 Å². The monoisotopic (exact) mass is 571 g/mol. The Morgan fingerprint density at radius 3 is 2.41 bits per heavy atom. The molecule has 1 saturated carbocycles. The van der Waals surface area contributed by atoms with Crippen LogP contribution in [0.25, 0.3) is 11.5 Å². The quantitative estimate of drug-likeness (QED) is 0.429. The van der Waals surface area contributed by atoms with Crippen LogP contribution in [0.2, 0.25) is 0 Å². The highest BCUT2D eigenvalue weighted by Gasteiger charge is 2.41. The molecule has 9 nitrogen and oxygen atoms in total. The first-order valence-electron chi connectivity index (χ1n) is 13.8. The summed E-state index contributed by atoms with van der Waals surface area (Å²) in [6.45, 7) is 2.13. The first-order valence-corrected chi connectivity index (χ1v) is 13.8. The van der Waals surface area contributed by atoms with Gasteiger partial charge >= 0.3 is 6.18 Å². The number of amides is 2. The summed E-state index contributed by atoms with van der Waals surface area (Å²) < 4.78 is 46.1. The van der Waals surface area contributed by atoms with Crippen molar-refractivity contribution in [2.45, 2.75) is 50.8 Å². The molecule has 218 valence electrons. The van der Waals surface area contributed by atoms with E-state index in [-0.39, 0.29) is 23.4 Å². The van der Waals surface area contributed by atoms with E-state index in [1.54, 1.807) is 35.2 Å². The van der Waals surface area contributed by atoms with E-state index in [1.165, 1.54) is 18.3 Å². The van der Waals surface area contributed by atoms with Gasteiger partial charge in [-0.15, -0.1) is 0 Å². The highest BCUT2D eigenvalue weighted by Crippen LogP contribution is 2.35. The van der Waals surface area contributed by atoms with Crippen LogP contribution >= 0.6 is 0 Å². The summed E-state index contributed by atoms with van der Waals surface area (Å²) in [5.41, 5.74) is -0.910. The van der Waals surface area contributed by atoms with Crippen molar-refractivity contribution in [2.24, 2.45) is 5.92 Å². The van der Waals surface area contributed by atoms with Crippen molar-refractivity contribution in [1.82, 2.24) is 14.9 Å². The molecule has 1 aliphatic carbocycles. The fourth-order valence-corrected chi connectivity index (χ4v) is 5.41. The Labute approximate surface area is 235 Å². The molecule has 2 aliphatic rings. The summed E-state index contributed by atoms with van der Waals surface area (Å²) in [7, 11) is 0. The largest absolute Gasteiger partial charge is 0.437 e. The van der Waals surface area contributed by atoms with Gasteiger partial charge in [0, 0.05) is 31.7 Å². The van der Waals surface area contributed by atoms with E-state index in [0.29, 0.717) is 44.0 Å². The van der Waals surface area contributed by atoms with E-state index in [0.717, 1.165) is 32.1 Å². The molecule has 0 bridgehead atoms. The number of halogens is 3. The van der Waals surface area contributed by atoms with Crippen molar-refractivity contribution in [1.29, 1.82) is 0 Å². The molecule has 2 fully saturated rings. The number of carbonyl (C=O) groups excluding carboxylic acids is 2. The van der Waals surface area contributed by atoms with Gasteiger partial charge in [-0.1, -0.05) is 37.5 Å². The Morgan fingerprint density at radius 2 is 1.73 bits per heavy atom. The second-order valence-corrected chi connectivity index (χ2v) is 10.4. The van der Waals surface area contributed by atoms with Gasteiger partial charge in [-0.05, 0) is 49.4 Å². The number of nitrogens with zero attached hydrogens (tertiary/aromatic N) is 4. The molecular weight excluding hydrogens is 539 g/mol. The molecule has 1 aliphatic heterocycles. The lowest BCUT2D eigenvalue weighted by Crippen LogP contribution is -2.44. The average Bonchev–Trinajstić information content (AvgIpc) is 3.31. The van der Waals surface area contributed by atoms with Crippen molar-refractivity contribution in [3.63, 3.8) is 0 Å². The number of carbonyl (C=O) groups is 2. The second kappa shape index (κ2) is 12.3. The molecule has 3 aromatic rings. The zero-order valence-electron chi connectivity index (χ0n) is 22.4. The van der Waals surface area contributed by atoms with E-state index < -0.39 is 29.6 Å². The number of aliphatic hydroxyl groups is 1. The summed E-state index contributed by atoms with van der Waals surface area (Å²) in [5, 5.41) is 13.1. The Hall–Kier alpha value is -3.93. The van der Waals surface area contributed by atoms with Crippen LogP contribution in [-0.4, -0.2) is 64.1 Å². The van der Waals surface area contributed by atoms with Gasteiger partial charge in [0.15, 0.2) is 5.69 Å². The van der Waals surface area contributed by atoms with Gasteiger partial charge in [0.25, 0.3) is 11.8 Å². The van der Waals surface area contributed by atoms with E-state index in [9.17, 15) is 27.9 Å². The van der Waals surface area contributed by atoms with E-state index in [4.69, 9.17) is 4.42 Å². The molecule has 0 radical (unpaired) electrons. The summed E-state index contributed by atoms with van der Waals surface area (Å²) in [6.07, 6.45) is 1.19. The van der Waals surface area contributed by atoms with Crippen LogP contribution in [0.1, 0.15) is 54.8 Å². The molecule has 3 heterocycles. The Balaban J connectivity index is 1.22. The van der Waals surface area contributed by atoms with Crippen LogP contribution in [0.5, 0.6) is 0 Å². The summed E-state index contributed by atoms with van der Waals surface area (Å²) in [5.74, 6) is -1.93. The van der Waals surface area contributed by atoms with Gasteiger partial charge in [0.1, 0.15) is 11.9 Å². The van der Waals surface area contributed by atoms with Crippen LogP contribution in [0.3, 0.4) is 0 Å². The third-order valence-electron chi connectivity index (χ3n) is 7.61. The Kier molecular flexibility index (Phi) is 8.57. The molecule has 2 amide bonds. The van der Waals surface area contributed by atoms with Crippen molar-refractivity contribution in [3.05, 3.63) is 60.1 Å². The summed E-state index contributed by atoms with van der Waals surface area (Å²) in [6, 6.07) is 11.2. The predicted molar refractivity (Wildman–Crippen MR) is 145 cm³/mol. The van der Waals surface area contributed by atoms with E-state index in [2.05, 4.69) is 15.3 Å². The fraction of sp³-hybridized carbons (Fsp3) is 0.448. The van der Waals surface area contributed by atoms with Crippen LogP contribution in [0.15, 0.2) is 53.1 Å². The Bertz CT molecular complexity index is 1340. The van der Waals surface area contributed by atoms with Crippen molar-refractivity contribution >= 4 is 23.3 Å². The topological polar surface area (TPSA) is 112 Å². The third kappa shape index (κ3) is 6.70. The van der Waals surface area contributed by atoms with Gasteiger partial charge in [0.05, 0.1) is 11.9 Å². The smallest absolute Gasteiger partial charge is 0.430 e. The maximum absolute atomic E-state index is 13.6. The molecular formula is C29H32F3N5O4. The van der Waals surface area contributed by atoms with Gasteiger partial charge < -0.3 is 24.6 Å². The second-order valence-electron chi connectivity index (χ2n) is 10.4. The molecule has 1 atom stereocenters. The molecule has 2 N–H and O–H groups in total. The summed E-state index contributed by atoms with van der Waals surface area (Å²) >= 11 is 0. The molecule has 2 aromatic heterocycles. The van der Waals surface area contributed by atoms with Crippen LogP contribution in [0.4, 0.5) is 24.7 Å². The number of nitrogens with one attached hydrogen (secondary N) is 1. The van der Waals surface area contributed by atoms with Gasteiger partial charge in [-0.25, -0.2) is 9.97 Å². The zero-order valence-corrected chi connectivity index (χ0v) is 22.4. The first kappa shape index (κ1) is 28.6. The number of oxazole rings is 1. The van der Waals surface area contributed by atoms with Crippen LogP contribution in [0, 0.1) is 5.92 Å². The first-order chi connectivity index (χ1) is 19.7. The predicted octanol–water partition coefficient (Wildman–Crippen LogP) is 4.99. The van der Waals surface area contributed by atoms with Gasteiger partial charge in [-0.2, -0.15) is 13.2 Å². The zero-order chi connectivity index (χ0) is 29.0. The molecule has 12 heteroatoms. The highest BCUT2D eigenvalue weighted by atomic mass is 19.4. The lowest BCUT2D eigenvalue weighted by atomic mass is 9.85. The normalized spacial score (nSPS) is 17.7. The number of pyridine rings is 1. The number of hydrogen-bond donors (Lipinski definition) is 2. The SMILES string of the molecule is O=C(Nc1ccc(N2CCCN(C(=O)[C@H](O)C3CCCCC3)CC2)nc1)c1oc(-c2ccccc2)nc1C(F)(F)F. The molecule has 0 unspecified atom stereocenters. The number of anilines is 2. The minimum absolute atomic E-state index is 0.0223. The highest BCUT2D eigenvalue weighted by molar-refractivity contribution is 6.03. The third-order valence-corrected chi connectivity index (χ3v) is 7.61.